The molecule has 2 aliphatic heterocycles. The third kappa shape index (κ3) is 2.55. The molecule has 1 aromatic rings. The lowest BCUT2D eigenvalue weighted by Crippen LogP contribution is -2.42. The standard InChI is InChI=1S/C15H21N5/c16-14-19-9-6-15(17,20-14)13-3-1-2-12(10-13)11-4-7-18-8-5-11/h1-3,6,9-11,18H,4-5,7-8,17H2,(H3,16,19,20). The Morgan fingerprint density at radius 3 is 2.80 bits per heavy atom. The van der Waals surface area contributed by atoms with E-state index in [1.54, 1.807) is 6.20 Å². The Balaban J connectivity index is 1.91. The van der Waals surface area contributed by atoms with Gasteiger partial charge in [0.1, 0.15) is 0 Å². The van der Waals surface area contributed by atoms with Crippen LogP contribution in [0.4, 0.5) is 0 Å². The van der Waals surface area contributed by atoms with Gasteiger partial charge in [-0.2, -0.15) is 0 Å². The first-order chi connectivity index (χ1) is 9.67. The van der Waals surface area contributed by atoms with E-state index < -0.39 is 5.66 Å². The first-order valence-corrected chi connectivity index (χ1v) is 7.07. The third-order valence-corrected chi connectivity index (χ3v) is 4.03. The highest BCUT2D eigenvalue weighted by molar-refractivity contribution is 5.80. The fourth-order valence-corrected chi connectivity index (χ4v) is 2.88. The lowest BCUT2D eigenvalue weighted by molar-refractivity contribution is 0.459. The predicted molar refractivity (Wildman–Crippen MR) is 81.1 cm³/mol. The average Bonchev–Trinajstić information content (AvgIpc) is 2.48. The first-order valence-electron chi connectivity index (χ1n) is 7.07. The number of benzene rings is 1. The predicted octanol–water partition coefficient (Wildman–Crippen LogP) is 0.697. The Hall–Kier alpha value is -1.85. The molecule has 2 heterocycles. The second-order valence-electron chi connectivity index (χ2n) is 5.45. The van der Waals surface area contributed by atoms with Gasteiger partial charge in [-0.25, -0.2) is 4.99 Å². The van der Waals surface area contributed by atoms with Crippen molar-refractivity contribution in [1.29, 1.82) is 0 Å². The largest absolute Gasteiger partial charge is 0.370 e. The molecule has 3 rings (SSSR count). The quantitative estimate of drug-likeness (QED) is 0.637. The molecule has 1 atom stereocenters. The van der Waals surface area contributed by atoms with Crippen molar-refractivity contribution >= 4 is 5.96 Å². The van der Waals surface area contributed by atoms with E-state index in [2.05, 4.69) is 33.8 Å². The molecule has 0 bridgehead atoms. The second kappa shape index (κ2) is 5.26. The maximum atomic E-state index is 6.36. The van der Waals surface area contributed by atoms with E-state index in [0.717, 1.165) is 18.7 Å². The molecule has 1 saturated heterocycles. The summed E-state index contributed by atoms with van der Waals surface area (Å²) >= 11 is 0. The van der Waals surface area contributed by atoms with E-state index in [0.29, 0.717) is 11.9 Å². The highest BCUT2D eigenvalue weighted by atomic mass is 15.2. The molecule has 20 heavy (non-hydrogen) atoms. The smallest absolute Gasteiger partial charge is 0.195 e. The third-order valence-electron chi connectivity index (χ3n) is 4.03. The maximum absolute atomic E-state index is 6.36. The lowest BCUT2D eigenvalue weighted by atomic mass is 9.87. The summed E-state index contributed by atoms with van der Waals surface area (Å²) in [6.45, 7) is 2.16. The summed E-state index contributed by atoms with van der Waals surface area (Å²) in [5.74, 6) is 0.953. The van der Waals surface area contributed by atoms with Crippen LogP contribution in [0.1, 0.15) is 29.9 Å². The van der Waals surface area contributed by atoms with Gasteiger partial charge in [0, 0.05) is 6.20 Å². The lowest BCUT2D eigenvalue weighted by Gasteiger charge is -2.28. The maximum Gasteiger partial charge on any atom is 0.195 e. The Morgan fingerprint density at radius 1 is 1.25 bits per heavy atom. The van der Waals surface area contributed by atoms with Crippen molar-refractivity contribution in [3.8, 4) is 0 Å². The molecule has 106 valence electrons. The fourth-order valence-electron chi connectivity index (χ4n) is 2.88. The molecule has 0 aromatic heterocycles. The molecule has 0 radical (unpaired) electrons. The summed E-state index contributed by atoms with van der Waals surface area (Å²) in [6.07, 6.45) is 5.93. The molecule has 0 spiro atoms. The van der Waals surface area contributed by atoms with Crippen LogP contribution in [0.5, 0.6) is 0 Å². The number of nitrogens with two attached hydrogens (primary N) is 2. The summed E-state index contributed by atoms with van der Waals surface area (Å²) in [7, 11) is 0. The minimum atomic E-state index is -0.863. The molecule has 0 amide bonds. The Labute approximate surface area is 119 Å². The van der Waals surface area contributed by atoms with Crippen molar-refractivity contribution in [2.45, 2.75) is 24.4 Å². The van der Waals surface area contributed by atoms with Crippen LogP contribution in [0.3, 0.4) is 0 Å². The molecular weight excluding hydrogens is 250 g/mol. The molecule has 0 aliphatic carbocycles. The van der Waals surface area contributed by atoms with Crippen LogP contribution in [-0.2, 0) is 5.66 Å². The van der Waals surface area contributed by atoms with E-state index in [-0.39, 0.29) is 0 Å². The van der Waals surface area contributed by atoms with Crippen LogP contribution >= 0.6 is 0 Å². The Morgan fingerprint density at radius 2 is 2.05 bits per heavy atom. The van der Waals surface area contributed by atoms with Gasteiger partial charge in [-0.1, -0.05) is 24.3 Å². The Kier molecular flexibility index (Phi) is 3.46. The minimum absolute atomic E-state index is 0.349. The van der Waals surface area contributed by atoms with Gasteiger partial charge < -0.3 is 16.4 Å². The van der Waals surface area contributed by atoms with Gasteiger partial charge in [-0.05, 0) is 49.1 Å². The molecule has 6 N–H and O–H groups in total. The van der Waals surface area contributed by atoms with Crippen molar-refractivity contribution in [2.24, 2.45) is 16.5 Å². The molecule has 1 fully saturated rings. The molecular formula is C15H21N5. The van der Waals surface area contributed by atoms with Crippen molar-refractivity contribution in [2.75, 3.05) is 13.1 Å². The normalized spacial score (nSPS) is 26.9. The topological polar surface area (TPSA) is 88.5 Å². The number of nitrogens with zero attached hydrogens (tertiary/aromatic N) is 1. The van der Waals surface area contributed by atoms with Gasteiger partial charge in [0.2, 0.25) is 0 Å². The van der Waals surface area contributed by atoms with Gasteiger partial charge in [-0.3, -0.25) is 5.73 Å². The average molecular weight is 271 g/mol. The zero-order chi connectivity index (χ0) is 14.0. The molecule has 5 heteroatoms. The van der Waals surface area contributed by atoms with Gasteiger partial charge >= 0.3 is 0 Å². The SMILES string of the molecule is NC1=NC(N)(c2cccc(C3CCNCC3)c2)C=CN1. The van der Waals surface area contributed by atoms with E-state index in [1.165, 1.54) is 18.4 Å². The van der Waals surface area contributed by atoms with E-state index in [9.17, 15) is 0 Å². The summed E-state index contributed by atoms with van der Waals surface area (Å²) in [5.41, 5.74) is 13.6. The van der Waals surface area contributed by atoms with Gasteiger partial charge in [0.25, 0.3) is 0 Å². The number of piperidine rings is 1. The molecule has 2 aliphatic rings. The number of nitrogens with one attached hydrogen (secondary N) is 2. The number of hydrogen-bond donors (Lipinski definition) is 4. The zero-order valence-corrected chi connectivity index (χ0v) is 11.5. The van der Waals surface area contributed by atoms with Crippen molar-refractivity contribution in [1.82, 2.24) is 10.6 Å². The van der Waals surface area contributed by atoms with Crippen LogP contribution in [0.15, 0.2) is 41.5 Å². The molecule has 5 nitrogen and oxygen atoms in total. The van der Waals surface area contributed by atoms with Crippen LogP contribution in [0.2, 0.25) is 0 Å². The first kappa shape index (κ1) is 13.1. The van der Waals surface area contributed by atoms with Crippen molar-refractivity contribution < 1.29 is 0 Å². The van der Waals surface area contributed by atoms with E-state index >= 15 is 0 Å². The van der Waals surface area contributed by atoms with Gasteiger partial charge in [0.05, 0.1) is 0 Å². The van der Waals surface area contributed by atoms with Gasteiger partial charge in [0.15, 0.2) is 11.6 Å². The highest BCUT2D eigenvalue weighted by Crippen LogP contribution is 2.30. The van der Waals surface area contributed by atoms with E-state index in [1.807, 2.05) is 12.1 Å². The van der Waals surface area contributed by atoms with Crippen LogP contribution in [0, 0.1) is 0 Å². The Bertz CT molecular complexity index is 545. The number of rotatable bonds is 2. The number of aliphatic imine (C=N–C) groups is 1. The molecule has 0 saturated carbocycles. The number of hydrogen-bond acceptors (Lipinski definition) is 5. The van der Waals surface area contributed by atoms with Crippen molar-refractivity contribution in [3.63, 3.8) is 0 Å². The summed E-state index contributed by atoms with van der Waals surface area (Å²) in [4.78, 5) is 4.33. The second-order valence-corrected chi connectivity index (χ2v) is 5.45. The van der Waals surface area contributed by atoms with Crippen LogP contribution in [0.25, 0.3) is 0 Å². The van der Waals surface area contributed by atoms with E-state index in [4.69, 9.17) is 11.5 Å². The van der Waals surface area contributed by atoms with Crippen LogP contribution in [-0.4, -0.2) is 19.0 Å². The summed E-state index contributed by atoms with van der Waals surface area (Å²) in [6, 6.07) is 8.42. The molecule has 1 unspecified atom stereocenters. The highest BCUT2D eigenvalue weighted by Gasteiger charge is 2.27. The van der Waals surface area contributed by atoms with Crippen LogP contribution < -0.4 is 22.1 Å². The van der Waals surface area contributed by atoms with Crippen molar-refractivity contribution in [3.05, 3.63) is 47.7 Å². The number of guanidine groups is 1. The zero-order valence-electron chi connectivity index (χ0n) is 11.5. The summed E-state index contributed by atoms with van der Waals surface area (Å²) < 4.78 is 0. The summed E-state index contributed by atoms with van der Waals surface area (Å²) in [5, 5.41) is 6.24. The molecule has 1 aromatic carbocycles. The fraction of sp³-hybridized carbons (Fsp3) is 0.400. The monoisotopic (exact) mass is 271 g/mol. The van der Waals surface area contributed by atoms with Gasteiger partial charge in [-0.15, -0.1) is 0 Å². The minimum Gasteiger partial charge on any atom is -0.370 e.